The first-order chi connectivity index (χ1) is 13.2. The van der Waals surface area contributed by atoms with Crippen molar-refractivity contribution in [2.45, 2.75) is 13.1 Å². The molecule has 0 saturated carbocycles. The van der Waals surface area contributed by atoms with E-state index < -0.39 is 0 Å². The van der Waals surface area contributed by atoms with Crippen LogP contribution in [0.2, 0.25) is 0 Å². The van der Waals surface area contributed by atoms with Gasteiger partial charge in [0.25, 0.3) is 0 Å². The van der Waals surface area contributed by atoms with Crippen molar-refractivity contribution in [3.63, 3.8) is 0 Å². The molecule has 0 fully saturated rings. The number of anilines is 1. The fourth-order valence-electron chi connectivity index (χ4n) is 2.79. The monoisotopic (exact) mass is 444 g/mol. The number of fused-ring (bicyclic) bond motifs is 1. The van der Waals surface area contributed by atoms with Crippen LogP contribution in [0.4, 0.5) is 5.69 Å². The molecule has 0 bridgehead atoms. The summed E-state index contributed by atoms with van der Waals surface area (Å²) < 4.78 is 17.4. The lowest BCUT2D eigenvalue weighted by molar-refractivity contribution is 0.174. The average molecular weight is 445 g/mol. The van der Waals surface area contributed by atoms with Gasteiger partial charge in [0, 0.05) is 16.7 Å². The van der Waals surface area contributed by atoms with E-state index >= 15 is 0 Å². The van der Waals surface area contributed by atoms with Gasteiger partial charge in [-0.3, -0.25) is 0 Å². The molecule has 5 nitrogen and oxygen atoms in total. The van der Waals surface area contributed by atoms with E-state index in [1.807, 2.05) is 59.5 Å². The maximum Gasteiger partial charge on any atom is 0.231 e. The lowest BCUT2D eigenvalue weighted by atomic mass is 10.2. The van der Waals surface area contributed by atoms with Crippen LogP contribution in [0.25, 0.3) is 0 Å². The van der Waals surface area contributed by atoms with E-state index in [1.165, 1.54) is 0 Å². The van der Waals surface area contributed by atoms with E-state index in [9.17, 15) is 0 Å². The predicted octanol–water partition coefficient (Wildman–Crippen LogP) is 5.17. The van der Waals surface area contributed by atoms with Crippen LogP contribution in [0, 0.1) is 0 Å². The Bertz CT molecular complexity index is 929. The summed E-state index contributed by atoms with van der Waals surface area (Å²) >= 11 is 9.11. The molecule has 1 N–H and O–H groups in total. The quantitative estimate of drug-likeness (QED) is 0.547. The van der Waals surface area contributed by atoms with E-state index in [-0.39, 0.29) is 6.79 Å². The zero-order valence-electron chi connectivity index (χ0n) is 14.4. The first kappa shape index (κ1) is 17.9. The summed E-state index contributed by atoms with van der Waals surface area (Å²) in [4.78, 5) is 2.05. The van der Waals surface area contributed by atoms with Gasteiger partial charge < -0.3 is 24.1 Å². The average Bonchev–Trinajstić information content (AvgIpc) is 3.34. The van der Waals surface area contributed by atoms with Gasteiger partial charge in [0.2, 0.25) is 6.79 Å². The topological polar surface area (TPSA) is 46.9 Å². The Hall–Kier alpha value is -2.51. The molecule has 27 heavy (non-hydrogen) atoms. The van der Waals surface area contributed by atoms with Gasteiger partial charge in [-0.25, -0.2) is 0 Å². The molecule has 0 aliphatic carbocycles. The molecule has 1 aliphatic heterocycles. The highest BCUT2D eigenvalue weighted by molar-refractivity contribution is 9.10. The van der Waals surface area contributed by atoms with Gasteiger partial charge in [-0.05, 0) is 66.3 Å². The Balaban J connectivity index is 1.52. The molecule has 7 heteroatoms. The summed E-state index contributed by atoms with van der Waals surface area (Å²) in [7, 11) is 0. The molecular weight excluding hydrogens is 428 g/mol. The zero-order chi connectivity index (χ0) is 18.6. The second kappa shape index (κ2) is 8.02. The van der Waals surface area contributed by atoms with Crippen molar-refractivity contribution in [2.75, 3.05) is 12.1 Å². The highest BCUT2D eigenvalue weighted by Crippen LogP contribution is 2.33. The third-order valence-corrected chi connectivity index (χ3v) is 5.01. The van der Waals surface area contributed by atoms with Crippen molar-refractivity contribution in [2.24, 2.45) is 0 Å². The minimum absolute atomic E-state index is 0.262. The largest absolute Gasteiger partial charge is 0.467 e. The van der Waals surface area contributed by atoms with E-state index in [0.717, 1.165) is 33.0 Å². The van der Waals surface area contributed by atoms with Crippen LogP contribution in [0.5, 0.6) is 11.5 Å². The molecule has 0 spiro atoms. The highest BCUT2D eigenvalue weighted by atomic mass is 79.9. The molecule has 2 heterocycles. The smallest absolute Gasteiger partial charge is 0.231 e. The summed E-state index contributed by atoms with van der Waals surface area (Å²) in [5.74, 6) is 2.37. The Morgan fingerprint density at radius 1 is 1.04 bits per heavy atom. The fourth-order valence-corrected chi connectivity index (χ4v) is 3.30. The minimum atomic E-state index is 0.262. The van der Waals surface area contributed by atoms with Gasteiger partial charge >= 0.3 is 0 Å². The summed E-state index contributed by atoms with van der Waals surface area (Å²) in [6.07, 6.45) is 1.67. The van der Waals surface area contributed by atoms with Gasteiger partial charge in [0.15, 0.2) is 16.6 Å². The molecule has 0 radical (unpaired) electrons. The summed E-state index contributed by atoms with van der Waals surface area (Å²) in [6.45, 7) is 1.43. The maximum atomic E-state index is 5.67. The van der Waals surface area contributed by atoms with Crippen LogP contribution in [0.15, 0.2) is 69.8 Å². The molecule has 4 rings (SSSR count). The highest BCUT2D eigenvalue weighted by Gasteiger charge is 2.17. The standard InChI is InChI=1S/C20H17BrN2O3S/c21-15-4-6-16(7-5-15)22-20(27)23(12-17-2-1-9-24-17)11-14-3-8-18-19(10-14)26-13-25-18/h1-10H,11-13H2,(H,22,27). The first-order valence-electron chi connectivity index (χ1n) is 8.40. The number of furan rings is 1. The van der Waals surface area contributed by atoms with Crippen LogP contribution in [0.3, 0.4) is 0 Å². The number of nitrogens with one attached hydrogen (secondary N) is 1. The second-order valence-electron chi connectivity index (χ2n) is 6.06. The van der Waals surface area contributed by atoms with Crippen molar-refractivity contribution in [1.29, 1.82) is 0 Å². The lowest BCUT2D eigenvalue weighted by Crippen LogP contribution is -2.33. The number of benzene rings is 2. The van der Waals surface area contributed by atoms with Gasteiger partial charge in [0.1, 0.15) is 5.76 Å². The third-order valence-electron chi connectivity index (χ3n) is 4.12. The molecule has 0 unspecified atom stereocenters. The summed E-state index contributed by atoms with van der Waals surface area (Å²) in [5, 5.41) is 3.91. The second-order valence-corrected chi connectivity index (χ2v) is 7.36. The molecule has 2 aromatic carbocycles. The minimum Gasteiger partial charge on any atom is -0.467 e. The van der Waals surface area contributed by atoms with Crippen molar-refractivity contribution in [1.82, 2.24) is 4.90 Å². The molecule has 0 amide bonds. The molecule has 0 saturated heterocycles. The number of rotatable bonds is 5. The summed E-state index contributed by atoms with van der Waals surface area (Å²) in [5.41, 5.74) is 2.00. The van der Waals surface area contributed by atoms with Gasteiger partial charge in [-0.2, -0.15) is 0 Å². The Labute approximate surface area is 171 Å². The van der Waals surface area contributed by atoms with Crippen LogP contribution >= 0.6 is 28.1 Å². The van der Waals surface area contributed by atoms with E-state index in [1.54, 1.807) is 6.26 Å². The van der Waals surface area contributed by atoms with E-state index in [0.29, 0.717) is 18.2 Å². The predicted molar refractivity (Wildman–Crippen MR) is 111 cm³/mol. The number of ether oxygens (including phenoxy) is 2. The fraction of sp³-hybridized carbons (Fsp3) is 0.150. The van der Waals surface area contributed by atoms with E-state index in [2.05, 4.69) is 21.2 Å². The molecule has 138 valence electrons. The lowest BCUT2D eigenvalue weighted by Gasteiger charge is -2.25. The Morgan fingerprint density at radius 3 is 2.63 bits per heavy atom. The van der Waals surface area contributed by atoms with Crippen molar-refractivity contribution in [3.8, 4) is 11.5 Å². The van der Waals surface area contributed by atoms with Crippen LogP contribution < -0.4 is 14.8 Å². The van der Waals surface area contributed by atoms with Crippen molar-refractivity contribution >= 4 is 38.9 Å². The zero-order valence-corrected chi connectivity index (χ0v) is 16.8. The normalized spacial score (nSPS) is 12.0. The molecule has 3 aromatic rings. The van der Waals surface area contributed by atoms with Gasteiger partial charge in [0.05, 0.1) is 12.8 Å². The van der Waals surface area contributed by atoms with Crippen LogP contribution in [-0.4, -0.2) is 16.8 Å². The van der Waals surface area contributed by atoms with Crippen molar-refractivity contribution < 1.29 is 13.9 Å². The number of hydrogen-bond donors (Lipinski definition) is 1. The SMILES string of the molecule is S=C(Nc1ccc(Br)cc1)N(Cc1ccc2c(c1)OCO2)Cc1ccco1. The maximum absolute atomic E-state index is 5.67. The number of hydrogen-bond acceptors (Lipinski definition) is 4. The van der Waals surface area contributed by atoms with Gasteiger partial charge in [-0.15, -0.1) is 0 Å². The van der Waals surface area contributed by atoms with Gasteiger partial charge in [-0.1, -0.05) is 22.0 Å². The Kier molecular flexibility index (Phi) is 5.31. The number of halogens is 1. The first-order valence-corrected chi connectivity index (χ1v) is 9.60. The van der Waals surface area contributed by atoms with Crippen molar-refractivity contribution in [3.05, 3.63) is 76.7 Å². The summed E-state index contributed by atoms with van der Waals surface area (Å²) in [6, 6.07) is 17.6. The Morgan fingerprint density at radius 2 is 1.85 bits per heavy atom. The number of nitrogens with zero attached hydrogens (tertiary/aromatic N) is 1. The molecular formula is C20H17BrN2O3S. The van der Waals surface area contributed by atoms with Crippen LogP contribution in [-0.2, 0) is 13.1 Å². The molecule has 0 atom stereocenters. The molecule has 1 aromatic heterocycles. The van der Waals surface area contributed by atoms with Crippen LogP contribution in [0.1, 0.15) is 11.3 Å². The molecule has 1 aliphatic rings. The van der Waals surface area contributed by atoms with E-state index in [4.69, 9.17) is 26.1 Å². The third kappa shape index (κ3) is 4.43. The number of thiocarbonyl (C=S) groups is 1.